The molecule has 6 nitrogen and oxygen atoms in total. The first-order valence-corrected chi connectivity index (χ1v) is 8.91. The van der Waals surface area contributed by atoms with Crippen molar-refractivity contribution in [1.82, 2.24) is 19.7 Å². The van der Waals surface area contributed by atoms with Crippen molar-refractivity contribution in [3.05, 3.63) is 69.3 Å². The molecule has 0 saturated carbocycles. The van der Waals surface area contributed by atoms with Crippen molar-refractivity contribution in [3.8, 4) is 5.69 Å². The maximum absolute atomic E-state index is 12.4. The average molecular weight is 351 g/mol. The highest BCUT2D eigenvalue weighted by Crippen LogP contribution is 2.16. The number of H-pyrrole nitrogens is 1. The molecule has 4 aromatic rings. The molecule has 4 rings (SSSR count). The fourth-order valence-corrected chi connectivity index (χ4v) is 3.60. The lowest BCUT2D eigenvalue weighted by atomic mass is 10.2. The van der Waals surface area contributed by atoms with Crippen LogP contribution in [0.15, 0.2) is 58.8 Å². The van der Waals surface area contributed by atoms with E-state index in [1.54, 1.807) is 22.2 Å². The summed E-state index contributed by atoms with van der Waals surface area (Å²) in [5.74, 6) is 0.458. The fourth-order valence-electron chi connectivity index (χ4n) is 2.76. The molecular weight excluding hydrogens is 334 g/mol. The number of para-hydroxylation sites is 1. The van der Waals surface area contributed by atoms with E-state index in [4.69, 9.17) is 0 Å². The number of fused-ring (bicyclic) bond motifs is 1. The van der Waals surface area contributed by atoms with Crippen LogP contribution >= 0.6 is 11.3 Å². The van der Waals surface area contributed by atoms with E-state index in [9.17, 15) is 4.79 Å². The van der Waals surface area contributed by atoms with Crippen LogP contribution in [0.3, 0.4) is 0 Å². The molecular formula is C18H17N5OS. The molecule has 1 atom stereocenters. The van der Waals surface area contributed by atoms with Gasteiger partial charge in [0, 0.05) is 17.3 Å². The summed E-state index contributed by atoms with van der Waals surface area (Å²) in [5, 5.41) is 10.1. The van der Waals surface area contributed by atoms with E-state index in [-0.39, 0.29) is 11.6 Å². The Labute approximate surface area is 148 Å². The van der Waals surface area contributed by atoms with Crippen molar-refractivity contribution in [1.29, 1.82) is 0 Å². The second-order valence-electron chi connectivity index (χ2n) is 5.87. The molecule has 126 valence electrons. The van der Waals surface area contributed by atoms with Gasteiger partial charge in [0.25, 0.3) is 5.56 Å². The smallest absolute Gasteiger partial charge is 0.263 e. The van der Waals surface area contributed by atoms with Gasteiger partial charge in [0.2, 0.25) is 5.95 Å². The van der Waals surface area contributed by atoms with Gasteiger partial charge in [-0.2, -0.15) is 10.1 Å². The minimum absolute atomic E-state index is 0.146. The van der Waals surface area contributed by atoms with E-state index in [2.05, 4.69) is 38.8 Å². The standard InChI is InChI=1S/C18H17N5OS/c1-12(10-14-8-5-9-25-14)20-18-21-16-15(17(24)22-18)11-19-23(16)13-6-3-2-4-7-13/h2-9,11-12H,10H2,1H3,(H2,20,21,22,24). The number of anilines is 1. The van der Waals surface area contributed by atoms with Crippen molar-refractivity contribution < 1.29 is 0 Å². The predicted molar refractivity (Wildman–Crippen MR) is 101 cm³/mol. The van der Waals surface area contributed by atoms with E-state index in [1.165, 1.54) is 4.88 Å². The molecule has 0 fully saturated rings. The molecule has 7 heteroatoms. The molecule has 0 amide bonds. The zero-order chi connectivity index (χ0) is 17.2. The van der Waals surface area contributed by atoms with Crippen LogP contribution in [0.5, 0.6) is 0 Å². The first kappa shape index (κ1) is 15.6. The highest BCUT2D eigenvalue weighted by atomic mass is 32.1. The fraction of sp³-hybridized carbons (Fsp3) is 0.167. The largest absolute Gasteiger partial charge is 0.353 e. The molecule has 1 unspecified atom stereocenters. The van der Waals surface area contributed by atoms with Crippen LogP contribution in [-0.4, -0.2) is 25.8 Å². The SMILES string of the molecule is CC(Cc1cccs1)Nc1nc2c(cnn2-c2ccccc2)c(=O)[nH]1. The summed E-state index contributed by atoms with van der Waals surface area (Å²) in [4.78, 5) is 21.0. The number of aromatic amines is 1. The third kappa shape index (κ3) is 3.18. The van der Waals surface area contributed by atoms with Gasteiger partial charge in [0.05, 0.1) is 11.9 Å². The van der Waals surface area contributed by atoms with Crippen LogP contribution < -0.4 is 10.9 Å². The van der Waals surface area contributed by atoms with Crippen molar-refractivity contribution in [2.75, 3.05) is 5.32 Å². The Morgan fingerprint density at radius 3 is 2.84 bits per heavy atom. The van der Waals surface area contributed by atoms with E-state index in [0.717, 1.165) is 12.1 Å². The highest BCUT2D eigenvalue weighted by Gasteiger charge is 2.13. The summed E-state index contributed by atoms with van der Waals surface area (Å²) < 4.78 is 1.68. The van der Waals surface area contributed by atoms with Crippen LogP contribution in [-0.2, 0) is 6.42 Å². The van der Waals surface area contributed by atoms with E-state index in [0.29, 0.717) is 17.0 Å². The number of aromatic nitrogens is 4. The summed E-state index contributed by atoms with van der Waals surface area (Å²) >= 11 is 1.72. The van der Waals surface area contributed by atoms with Gasteiger partial charge in [-0.3, -0.25) is 9.78 Å². The van der Waals surface area contributed by atoms with E-state index in [1.807, 2.05) is 36.4 Å². The first-order valence-electron chi connectivity index (χ1n) is 8.03. The molecule has 0 radical (unpaired) electrons. The van der Waals surface area contributed by atoms with Gasteiger partial charge in [0.1, 0.15) is 5.39 Å². The number of nitrogens with one attached hydrogen (secondary N) is 2. The summed E-state index contributed by atoms with van der Waals surface area (Å²) in [7, 11) is 0. The number of rotatable bonds is 5. The van der Waals surface area contributed by atoms with Gasteiger partial charge >= 0.3 is 0 Å². The zero-order valence-electron chi connectivity index (χ0n) is 13.6. The number of hydrogen-bond acceptors (Lipinski definition) is 5. The molecule has 0 saturated heterocycles. The molecule has 0 aliphatic heterocycles. The minimum atomic E-state index is -0.196. The molecule has 0 aliphatic rings. The van der Waals surface area contributed by atoms with Gasteiger partial charge in [-0.05, 0) is 30.5 Å². The minimum Gasteiger partial charge on any atom is -0.353 e. The maximum Gasteiger partial charge on any atom is 0.263 e. The van der Waals surface area contributed by atoms with Gasteiger partial charge in [-0.1, -0.05) is 24.3 Å². The van der Waals surface area contributed by atoms with Gasteiger partial charge in [-0.25, -0.2) is 4.68 Å². The number of nitrogens with zero attached hydrogens (tertiary/aromatic N) is 3. The lowest BCUT2D eigenvalue weighted by Gasteiger charge is -2.13. The maximum atomic E-state index is 12.4. The second-order valence-corrected chi connectivity index (χ2v) is 6.90. The monoisotopic (exact) mass is 351 g/mol. The molecule has 1 aromatic carbocycles. The normalized spacial score (nSPS) is 12.4. The molecule has 0 bridgehead atoms. The summed E-state index contributed by atoms with van der Waals surface area (Å²) in [6.45, 7) is 2.07. The number of hydrogen-bond donors (Lipinski definition) is 2. The molecule has 3 aromatic heterocycles. The van der Waals surface area contributed by atoms with Crippen molar-refractivity contribution >= 4 is 28.3 Å². The van der Waals surface area contributed by atoms with Crippen LogP contribution in [0.2, 0.25) is 0 Å². The van der Waals surface area contributed by atoms with Crippen LogP contribution in [0.1, 0.15) is 11.8 Å². The summed E-state index contributed by atoms with van der Waals surface area (Å²) in [5.41, 5.74) is 1.21. The quantitative estimate of drug-likeness (QED) is 0.579. The highest BCUT2D eigenvalue weighted by molar-refractivity contribution is 7.09. The van der Waals surface area contributed by atoms with E-state index < -0.39 is 0 Å². The Morgan fingerprint density at radius 2 is 2.08 bits per heavy atom. The van der Waals surface area contributed by atoms with Gasteiger partial charge < -0.3 is 5.32 Å². The Hall–Kier alpha value is -2.93. The van der Waals surface area contributed by atoms with E-state index >= 15 is 0 Å². The third-order valence-electron chi connectivity index (χ3n) is 3.91. The second kappa shape index (κ2) is 6.52. The Balaban J connectivity index is 1.67. The zero-order valence-corrected chi connectivity index (χ0v) is 14.5. The molecule has 25 heavy (non-hydrogen) atoms. The summed E-state index contributed by atoms with van der Waals surface area (Å²) in [6, 6.07) is 14.0. The van der Waals surface area contributed by atoms with Gasteiger partial charge in [0.15, 0.2) is 5.65 Å². The van der Waals surface area contributed by atoms with Crippen LogP contribution in [0.4, 0.5) is 5.95 Å². The van der Waals surface area contributed by atoms with Gasteiger partial charge in [-0.15, -0.1) is 11.3 Å². The molecule has 0 spiro atoms. The first-order chi connectivity index (χ1) is 12.2. The van der Waals surface area contributed by atoms with Crippen molar-refractivity contribution in [2.45, 2.75) is 19.4 Å². The van der Waals surface area contributed by atoms with Crippen LogP contribution in [0, 0.1) is 0 Å². The lowest BCUT2D eigenvalue weighted by Crippen LogP contribution is -2.22. The summed E-state index contributed by atoms with van der Waals surface area (Å²) in [6.07, 6.45) is 2.42. The van der Waals surface area contributed by atoms with Crippen molar-refractivity contribution in [2.24, 2.45) is 0 Å². The molecule has 0 aliphatic carbocycles. The topological polar surface area (TPSA) is 75.6 Å². The Kier molecular flexibility index (Phi) is 4.07. The molecule has 2 N–H and O–H groups in total. The Morgan fingerprint density at radius 1 is 1.24 bits per heavy atom. The lowest BCUT2D eigenvalue weighted by molar-refractivity contribution is 0.785. The third-order valence-corrected chi connectivity index (χ3v) is 4.81. The predicted octanol–water partition coefficient (Wildman–Crippen LogP) is 3.21. The number of thiophene rings is 1. The average Bonchev–Trinajstić information content (AvgIpc) is 3.25. The number of benzene rings is 1. The molecule has 3 heterocycles. The van der Waals surface area contributed by atoms with Crippen molar-refractivity contribution in [3.63, 3.8) is 0 Å². The Bertz CT molecular complexity index is 1040. The van der Waals surface area contributed by atoms with Crippen LogP contribution in [0.25, 0.3) is 16.7 Å².